The second kappa shape index (κ2) is 7.53. The van der Waals surface area contributed by atoms with Crippen LogP contribution in [-0.2, 0) is 12.8 Å². The van der Waals surface area contributed by atoms with Crippen LogP contribution in [0.15, 0.2) is 48.5 Å². The Morgan fingerprint density at radius 2 is 1.59 bits per heavy atom. The van der Waals surface area contributed by atoms with Crippen LogP contribution in [0.3, 0.4) is 0 Å². The van der Waals surface area contributed by atoms with Crippen molar-refractivity contribution in [3.63, 3.8) is 0 Å². The molecule has 27 heavy (non-hydrogen) atoms. The number of hydrogen-bond donors (Lipinski definition) is 0. The molecule has 1 aliphatic rings. The Morgan fingerprint density at radius 3 is 2.26 bits per heavy atom. The minimum absolute atomic E-state index is 0.717. The minimum atomic E-state index is 0.717. The summed E-state index contributed by atoms with van der Waals surface area (Å²) >= 11 is 5.66. The van der Waals surface area contributed by atoms with Crippen LogP contribution in [-0.4, -0.2) is 23.8 Å². The highest BCUT2D eigenvalue weighted by Crippen LogP contribution is 2.33. The highest BCUT2D eigenvalue weighted by molar-refractivity contribution is 7.71. The highest BCUT2D eigenvalue weighted by atomic mass is 32.1. The van der Waals surface area contributed by atoms with E-state index in [4.69, 9.17) is 26.7 Å². The molecule has 0 saturated heterocycles. The molecule has 3 aromatic rings. The first-order chi connectivity index (χ1) is 13.2. The van der Waals surface area contributed by atoms with Crippen molar-refractivity contribution in [2.45, 2.75) is 25.7 Å². The number of ether oxygens (including phenoxy) is 2. The van der Waals surface area contributed by atoms with E-state index in [0.29, 0.717) is 0 Å². The second-order valence-corrected chi connectivity index (χ2v) is 7.03. The van der Waals surface area contributed by atoms with Crippen molar-refractivity contribution in [2.75, 3.05) is 14.2 Å². The van der Waals surface area contributed by atoms with E-state index in [1.807, 2.05) is 36.4 Å². The summed E-state index contributed by atoms with van der Waals surface area (Å²) in [6.07, 6.45) is 4.28. The molecule has 1 aromatic heterocycles. The number of aromatic nitrogens is 2. The zero-order valence-electron chi connectivity index (χ0n) is 15.6. The van der Waals surface area contributed by atoms with Crippen LogP contribution >= 0.6 is 12.2 Å². The average molecular weight is 378 g/mol. The van der Waals surface area contributed by atoms with Gasteiger partial charge in [-0.25, -0.2) is 4.98 Å². The fraction of sp³-hybridized carbons (Fsp3) is 0.273. The molecule has 0 unspecified atom stereocenters. The molecule has 0 bridgehead atoms. The van der Waals surface area contributed by atoms with E-state index in [0.717, 1.165) is 58.9 Å². The van der Waals surface area contributed by atoms with Gasteiger partial charge in [0.25, 0.3) is 0 Å². The monoisotopic (exact) mass is 378 g/mol. The zero-order chi connectivity index (χ0) is 18.8. The summed E-state index contributed by atoms with van der Waals surface area (Å²) in [5, 5.41) is 0. The lowest BCUT2D eigenvalue weighted by molar-refractivity contribution is 0.394. The topological polar surface area (TPSA) is 36.3 Å². The molecule has 5 heteroatoms. The van der Waals surface area contributed by atoms with E-state index >= 15 is 0 Å². The van der Waals surface area contributed by atoms with Gasteiger partial charge in [-0.2, -0.15) is 0 Å². The molecule has 0 fully saturated rings. The molecule has 138 valence electrons. The van der Waals surface area contributed by atoms with Gasteiger partial charge in [0, 0.05) is 35.0 Å². The predicted molar refractivity (Wildman–Crippen MR) is 110 cm³/mol. The van der Waals surface area contributed by atoms with E-state index in [1.54, 1.807) is 14.2 Å². The third-order valence-electron chi connectivity index (χ3n) is 5.01. The molecule has 1 aliphatic carbocycles. The molecule has 0 atom stereocenters. The van der Waals surface area contributed by atoms with Crippen LogP contribution in [0, 0.1) is 4.64 Å². The molecule has 2 aromatic carbocycles. The fourth-order valence-electron chi connectivity index (χ4n) is 3.69. The Balaban J connectivity index is 2.05. The Hall–Kier alpha value is -2.66. The van der Waals surface area contributed by atoms with Crippen molar-refractivity contribution in [3.05, 3.63) is 64.4 Å². The maximum atomic E-state index is 5.66. The summed E-state index contributed by atoms with van der Waals surface area (Å²) in [5.74, 6) is 2.36. The molecule has 0 aliphatic heterocycles. The van der Waals surface area contributed by atoms with Crippen LogP contribution in [0.4, 0.5) is 0 Å². The van der Waals surface area contributed by atoms with Gasteiger partial charge in [-0.1, -0.05) is 42.5 Å². The van der Waals surface area contributed by atoms with Gasteiger partial charge in [0.2, 0.25) is 0 Å². The highest BCUT2D eigenvalue weighted by Gasteiger charge is 2.21. The fourth-order valence-corrected chi connectivity index (χ4v) is 3.99. The quantitative estimate of drug-likeness (QED) is 0.587. The van der Waals surface area contributed by atoms with Gasteiger partial charge < -0.3 is 9.47 Å². The molecule has 0 amide bonds. The first kappa shape index (κ1) is 17.7. The first-order valence-corrected chi connectivity index (χ1v) is 9.55. The largest absolute Gasteiger partial charge is 0.497 e. The van der Waals surface area contributed by atoms with Crippen molar-refractivity contribution in [2.24, 2.45) is 0 Å². The lowest BCUT2D eigenvalue weighted by atomic mass is 9.96. The van der Waals surface area contributed by atoms with Gasteiger partial charge in [-0.15, -0.1) is 0 Å². The van der Waals surface area contributed by atoms with Gasteiger partial charge in [0.05, 0.1) is 19.9 Å². The molecule has 1 heterocycles. The smallest absolute Gasteiger partial charge is 0.146 e. The first-order valence-electron chi connectivity index (χ1n) is 9.15. The van der Waals surface area contributed by atoms with Crippen LogP contribution in [0.25, 0.3) is 17.1 Å². The van der Waals surface area contributed by atoms with Crippen LogP contribution in [0.2, 0.25) is 0 Å². The molecule has 0 radical (unpaired) electrons. The SMILES string of the molecule is COc1cc(OC)cc(-n2c(-c3ccccc3)nc(=S)c3c2CCCC3)c1. The molecular weight excluding hydrogens is 356 g/mol. The summed E-state index contributed by atoms with van der Waals surface area (Å²) in [5.41, 5.74) is 4.46. The number of methoxy groups -OCH3 is 2. The Bertz CT molecular complexity index is 1010. The summed E-state index contributed by atoms with van der Waals surface area (Å²) in [6, 6.07) is 16.1. The summed E-state index contributed by atoms with van der Waals surface area (Å²) in [4.78, 5) is 4.84. The lowest BCUT2D eigenvalue weighted by Gasteiger charge is -2.25. The summed E-state index contributed by atoms with van der Waals surface area (Å²) < 4.78 is 13.9. The van der Waals surface area contributed by atoms with Gasteiger partial charge in [-0.3, -0.25) is 4.57 Å². The molecule has 4 rings (SSSR count). The van der Waals surface area contributed by atoms with E-state index in [2.05, 4.69) is 16.7 Å². The number of fused-ring (bicyclic) bond motifs is 1. The molecule has 4 nitrogen and oxygen atoms in total. The predicted octanol–water partition coefficient (Wildman–Crippen LogP) is 5.16. The lowest BCUT2D eigenvalue weighted by Crippen LogP contribution is -2.17. The summed E-state index contributed by atoms with van der Waals surface area (Å²) in [6.45, 7) is 0. The van der Waals surface area contributed by atoms with Gasteiger partial charge in [-0.05, 0) is 25.7 Å². The van der Waals surface area contributed by atoms with Crippen molar-refractivity contribution in [1.82, 2.24) is 9.55 Å². The van der Waals surface area contributed by atoms with E-state index in [9.17, 15) is 0 Å². The second-order valence-electron chi connectivity index (χ2n) is 6.65. The van der Waals surface area contributed by atoms with Crippen molar-refractivity contribution >= 4 is 12.2 Å². The van der Waals surface area contributed by atoms with Crippen molar-refractivity contribution < 1.29 is 9.47 Å². The standard InChI is InChI=1S/C22H22N2O2S/c1-25-17-12-16(13-18(14-17)26-2)24-20-11-7-6-10-19(20)22(27)23-21(24)15-8-4-3-5-9-15/h3-5,8-9,12-14H,6-7,10-11H2,1-2H3. The van der Waals surface area contributed by atoms with Gasteiger partial charge >= 0.3 is 0 Å². The molecule has 0 spiro atoms. The van der Waals surface area contributed by atoms with Crippen LogP contribution < -0.4 is 9.47 Å². The minimum Gasteiger partial charge on any atom is -0.497 e. The number of hydrogen-bond acceptors (Lipinski definition) is 4. The van der Waals surface area contributed by atoms with E-state index < -0.39 is 0 Å². The van der Waals surface area contributed by atoms with Crippen molar-refractivity contribution in [3.8, 4) is 28.6 Å². The van der Waals surface area contributed by atoms with E-state index in [1.165, 1.54) is 11.3 Å². The zero-order valence-corrected chi connectivity index (χ0v) is 16.4. The number of nitrogens with zero attached hydrogens (tertiary/aromatic N) is 2. The third-order valence-corrected chi connectivity index (χ3v) is 5.35. The van der Waals surface area contributed by atoms with Crippen LogP contribution in [0.1, 0.15) is 24.1 Å². The normalized spacial score (nSPS) is 13.1. The Labute approximate surface area is 164 Å². The molecule has 0 saturated carbocycles. The van der Waals surface area contributed by atoms with Crippen molar-refractivity contribution in [1.29, 1.82) is 0 Å². The molecular formula is C22H22N2O2S. The Kier molecular flexibility index (Phi) is 4.94. The van der Waals surface area contributed by atoms with E-state index in [-0.39, 0.29) is 0 Å². The average Bonchev–Trinajstić information content (AvgIpc) is 2.74. The summed E-state index contributed by atoms with van der Waals surface area (Å²) in [7, 11) is 3.34. The van der Waals surface area contributed by atoms with Gasteiger partial charge in [0.1, 0.15) is 22.0 Å². The Morgan fingerprint density at radius 1 is 0.926 bits per heavy atom. The maximum absolute atomic E-state index is 5.66. The number of benzene rings is 2. The van der Waals surface area contributed by atoms with Gasteiger partial charge in [0.15, 0.2) is 0 Å². The molecule has 0 N–H and O–H groups in total. The third kappa shape index (κ3) is 3.35. The number of rotatable bonds is 4. The maximum Gasteiger partial charge on any atom is 0.146 e. The van der Waals surface area contributed by atoms with Crippen LogP contribution in [0.5, 0.6) is 11.5 Å².